The van der Waals surface area contributed by atoms with Crippen LogP contribution in [0.1, 0.15) is 46.8 Å². The number of aromatic nitrogens is 1. The summed E-state index contributed by atoms with van der Waals surface area (Å²) in [7, 11) is 6.51. The van der Waals surface area contributed by atoms with Gasteiger partial charge in [-0.05, 0) is 53.5 Å². The molecule has 0 amide bonds. The molecule has 1 aliphatic heterocycles. The Morgan fingerprint density at radius 3 is 2.80 bits per heavy atom. The zero-order chi connectivity index (χ0) is 14.1. The van der Waals surface area contributed by atoms with Gasteiger partial charge in [-0.1, -0.05) is 0 Å². The third-order valence-corrected chi connectivity index (χ3v) is 5.57. The van der Waals surface area contributed by atoms with Gasteiger partial charge in [0.05, 0.1) is 11.7 Å². The molecule has 1 aliphatic carbocycles. The summed E-state index contributed by atoms with van der Waals surface area (Å²) in [5.41, 5.74) is 1.39. The van der Waals surface area contributed by atoms with Crippen LogP contribution >= 0.6 is 11.3 Å². The first-order valence-corrected chi connectivity index (χ1v) is 8.53. The van der Waals surface area contributed by atoms with Crippen LogP contribution in [0, 0.1) is 0 Å². The molecular weight excluding hydrogens is 268 g/mol. The molecule has 3 rings (SSSR count). The lowest BCUT2D eigenvalue weighted by Gasteiger charge is -2.25. The smallest absolute Gasteiger partial charge is 0.112 e. The number of nitrogens with zero attached hydrogens (tertiary/aromatic N) is 3. The molecule has 0 bridgehead atoms. The molecule has 1 unspecified atom stereocenters. The van der Waals surface area contributed by atoms with Crippen molar-refractivity contribution in [1.29, 1.82) is 0 Å². The van der Waals surface area contributed by atoms with Crippen LogP contribution in [0.3, 0.4) is 0 Å². The summed E-state index contributed by atoms with van der Waals surface area (Å²) in [6.45, 7) is 4.45. The minimum atomic E-state index is 0.468. The molecule has 1 saturated carbocycles. The van der Waals surface area contributed by atoms with Gasteiger partial charge in [0.15, 0.2) is 0 Å². The summed E-state index contributed by atoms with van der Waals surface area (Å²) in [4.78, 5) is 11.5. The molecule has 112 valence electrons. The minimum absolute atomic E-state index is 0.468. The molecule has 2 heterocycles. The van der Waals surface area contributed by atoms with Crippen LogP contribution in [0.5, 0.6) is 0 Å². The van der Waals surface area contributed by atoms with E-state index in [9.17, 15) is 0 Å². The average molecular weight is 294 g/mol. The van der Waals surface area contributed by atoms with E-state index >= 15 is 0 Å². The Morgan fingerprint density at radius 2 is 2.10 bits per heavy atom. The lowest BCUT2D eigenvalue weighted by Crippen LogP contribution is -2.30. The summed E-state index contributed by atoms with van der Waals surface area (Å²) in [6, 6.07) is 0.468. The maximum atomic E-state index is 5.05. The van der Waals surface area contributed by atoms with E-state index in [1.165, 1.54) is 47.9 Å². The Kier molecular flexibility index (Phi) is 4.40. The number of nitrogens with one attached hydrogen (secondary N) is 1. The van der Waals surface area contributed by atoms with Crippen molar-refractivity contribution in [2.75, 3.05) is 40.8 Å². The average Bonchev–Trinajstić information content (AvgIpc) is 3.19. The molecule has 1 N–H and O–H groups in total. The number of hydrogen-bond donors (Lipinski definition) is 1. The van der Waals surface area contributed by atoms with Gasteiger partial charge in [0.2, 0.25) is 0 Å². The number of thiazole rings is 1. The van der Waals surface area contributed by atoms with Gasteiger partial charge in [0, 0.05) is 23.9 Å². The van der Waals surface area contributed by atoms with E-state index in [-0.39, 0.29) is 0 Å². The summed E-state index contributed by atoms with van der Waals surface area (Å²) in [6.07, 6.45) is 3.92. The first-order chi connectivity index (χ1) is 9.69. The first-order valence-electron chi connectivity index (χ1n) is 7.72. The number of likely N-dealkylation sites (N-methyl/N-ethyl adjacent to an activating group) is 2. The zero-order valence-corrected chi connectivity index (χ0v) is 13.7. The summed E-state index contributed by atoms with van der Waals surface area (Å²) >= 11 is 1.93. The van der Waals surface area contributed by atoms with Crippen molar-refractivity contribution in [3.8, 4) is 0 Å². The number of rotatable bonds is 4. The lowest BCUT2D eigenvalue weighted by molar-refractivity contribution is 0.228. The molecule has 5 heteroatoms. The Labute approximate surface area is 126 Å². The fourth-order valence-corrected chi connectivity index (χ4v) is 4.35. The normalized spacial score (nSPS) is 25.9. The molecule has 20 heavy (non-hydrogen) atoms. The molecule has 1 aromatic rings. The topological polar surface area (TPSA) is 31.4 Å². The highest BCUT2D eigenvalue weighted by atomic mass is 32.1. The molecule has 0 spiro atoms. The van der Waals surface area contributed by atoms with Crippen molar-refractivity contribution in [1.82, 2.24) is 20.1 Å². The monoisotopic (exact) mass is 294 g/mol. The molecule has 1 saturated heterocycles. The molecule has 0 radical (unpaired) electrons. The van der Waals surface area contributed by atoms with Gasteiger partial charge < -0.3 is 10.2 Å². The second-order valence-corrected chi connectivity index (χ2v) is 7.39. The van der Waals surface area contributed by atoms with Gasteiger partial charge in [-0.3, -0.25) is 4.90 Å². The largest absolute Gasteiger partial charge is 0.315 e. The molecule has 2 aliphatic rings. The van der Waals surface area contributed by atoms with Crippen LogP contribution in [0.4, 0.5) is 0 Å². The summed E-state index contributed by atoms with van der Waals surface area (Å²) in [5.74, 6) is 0.747. The van der Waals surface area contributed by atoms with Gasteiger partial charge in [0.1, 0.15) is 5.01 Å². The van der Waals surface area contributed by atoms with Crippen molar-refractivity contribution in [2.24, 2.45) is 0 Å². The van der Waals surface area contributed by atoms with Gasteiger partial charge in [-0.25, -0.2) is 4.98 Å². The SMILES string of the molecule is CNCc1sc(C2CN(C)CCCN2C)nc1C1CC1. The highest BCUT2D eigenvalue weighted by molar-refractivity contribution is 7.11. The Bertz CT molecular complexity index is 455. The fourth-order valence-electron chi connectivity index (χ4n) is 3.03. The quantitative estimate of drug-likeness (QED) is 0.921. The van der Waals surface area contributed by atoms with E-state index in [1.807, 2.05) is 18.4 Å². The van der Waals surface area contributed by atoms with E-state index in [0.29, 0.717) is 6.04 Å². The van der Waals surface area contributed by atoms with Crippen LogP contribution in [0.15, 0.2) is 0 Å². The lowest BCUT2D eigenvalue weighted by atomic mass is 10.2. The van der Waals surface area contributed by atoms with E-state index in [0.717, 1.165) is 19.0 Å². The number of hydrogen-bond acceptors (Lipinski definition) is 5. The zero-order valence-electron chi connectivity index (χ0n) is 12.9. The van der Waals surface area contributed by atoms with Crippen LogP contribution in [0.2, 0.25) is 0 Å². The van der Waals surface area contributed by atoms with E-state index in [2.05, 4.69) is 29.2 Å². The Morgan fingerprint density at radius 1 is 1.30 bits per heavy atom. The van der Waals surface area contributed by atoms with Crippen molar-refractivity contribution in [2.45, 2.75) is 37.8 Å². The molecule has 1 atom stereocenters. The van der Waals surface area contributed by atoms with E-state index in [1.54, 1.807) is 0 Å². The highest BCUT2D eigenvalue weighted by Gasteiger charge is 2.32. The molecule has 0 aromatic carbocycles. The van der Waals surface area contributed by atoms with Crippen LogP contribution in [-0.4, -0.2) is 55.6 Å². The summed E-state index contributed by atoms with van der Waals surface area (Å²) in [5, 5.41) is 4.63. The minimum Gasteiger partial charge on any atom is -0.315 e. The van der Waals surface area contributed by atoms with Crippen molar-refractivity contribution < 1.29 is 0 Å². The Hall–Kier alpha value is -0.490. The molecule has 1 aromatic heterocycles. The van der Waals surface area contributed by atoms with Crippen molar-refractivity contribution in [3.63, 3.8) is 0 Å². The van der Waals surface area contributed by atoms with E-state index < -0.39 is 0 Å². The predicted octanol–water partition coefficient (Wildman–Crippen LogP) is 2.05. The Balaban J connectivity index is 1.85. The van der Waals surface area contributed by atoms with Crippen LogP contribution in [0.25, 0.3) is 0 Å². The standard InChI is InChI=1S/C15H26N4S/c1-16-9-13-14(11-5-6-11)17-15(20-13)12-10-18(2)7-4-8-19(12)3/h11-12,16H,4-10H2,1-3H3. The van der Waals surface area contributed by atoms with Gasteiger partial charge in [0.25, 0.3) is 0 Å². The van der Waals surface area contributed by atoms with Crippen molar-refractivity contribution in [3.05, 3.63) is 15.6 Å². The second-order valence-electron chi connectivity index (χ2n) is 6.28. The molecular formula is C15H26N4S. The molecule has 4 nitrogen and oxygen atoms in total. The van der Waals surface area contributed by atoms with Gasteiger partial charge >= 0.3 is 0 Å². The van der Waals surface area contributed by atoms with E-state index in [4.69, 9.17) is 4.98 Å². The first kappa shape index (κ1) is 14.4. The van der Waals surface area contributed by atoms with Crippen LogP contribution < -0.4 is 5.32 Å². The molecule has 2 fully saturated rings. The summed E-state index contributed by atoms with van der Waals surface area (Å²) < 4.78 is 0. The third-order valence-electron chi connectivity index (χ3n) is 4.40. The van der Waals surface area contributed by atoms with Crippen LogP contribution in [-0.2, 0) is 6.54 Å². The maximum absolute atomic E-state index is 5.05. The highest BCUT2D eigenvalue weighted by Crippen LogP contribution is 2.44. The second kappa shape index (κ2) is 6.10. The maximum Gasteiger partial charge on any atom is 0.112 e. The third kappa shape index (κ3) is 3.06. The van der Waals surface area contributed by atoms with Gasteiger partial charge in [-0.15, -0.1) is 11.3 Å². The van der Waals surface area contributed by atoms with Crippen molar-refractivity contribution >= 4 is 11.3 Å². The predicted molar refractivity (Wildman–Crippen MR) is 84.3 cm³/mol. The fraction of sp³-hybridized carbons (Fsp3) is 0.800. The van der Waals surface area contributed by atoms with Gasteiger partial charge in [-0.2, -0.15) is 0 Å².